The molecule has 3 heterocycles. The van der Waals surface area contributed by atoms with Crippen LogP contribution in [0.15, 0.2) is 23.7 Å². The second-order valence-electron chi connectivity index (χ2n) is 6.08. The summed E-state index contributed by atoms with van der Waals surface area (Å²) in [4.78, 5) is 7.09. The Hall–Kier alpha value is -1.65. The minimum absolute atomic E-state index is 0. The standard InChI is InChI=1S/C16H26N8.HI/c1-4-17-16(18-9-15-21-19-12-23(15)5-2)24-7-6-13(11-24)14-8-20-22(3)10-14;/h8,10,12-13H,4-7,9,11H2,1-3H3,(H,17,18);1H. The van der Waals surface area contributed by atoms with E-state index in [-0.39, 0.29) is 24.0 Å². The molecule has 1 aliphatic rings. The maximum absolute atomic E-state index is 4.77. The van der Waals surface area contributed by atoms with Crippen molar-refractivity contribution < 1.29 is 0 Å². The Balaban J connectivity index is 0.00000225. The maximum atomic E-state index is 4.77. The van der Waals surface area contributed by atoms with Crippen LogP contribution in [0, 0.1) is 0 Å². The molecule has 8 nitrogen and oxygen atoms in total. The molecular formula is C16H27IN8. The van der Waals surface area contributed by atoms with Crippen LogP contribution in [0.4, 0.5) is 0 Å². The van der Waals surface area contributed by atoms with E-state index in [1.807, 2.05) is 22.5 Å². The monoisotopic (exact) mass is 458 g/mol. The summed E-state index contributed by atoms with van der Waals surface area (Å²) in [5.41, 5.74) is 1.31. The van der Waals surface area contributed by atoms with Crippen molar-refractivity contribution in [3.8, 4) is 0 Å². The third-order valence-electron chi connectivity index (χ3n) is 4.43. The van der Waals surface area contributed by atoms with Gasteiger partial charge in [-0.1, -0.05) is 0 Å². The number of hydrogen-bond donors (Lipinski definition) is 1. The van der Waals surface area contributed by atoms with Crippen LogP contribution in [-0.2, 0) is 20.1 Å². The Kier molecular flexibility index (Phi) is 7.21. The molecule has 1 N–H and O–H groups in total. The first-order chi connectivity index (χ1) is 11.7. The van der Waals surface area contributed by atoms with E-state index in [0.717, 1.165) is 44.4 Å². The average molecular weight is 458 g/mol. The molecule has 1 unspecified atom stereocenters. The zero-order chi connectivity index (χ0) is 16.9. The fourth-order valence-corrected chi connectivity index (χ4v) is 3.11. The van der Waals surface area contributed by atoms with Gasteiger partial charge in [0, 0.05) is 45.3 Å². The van der Waals surface area contributed by atoms with E-state index >= 15 is 0 Å². The fraction of sp³-hybridized carbons (Fsp3) is 0.625. The molecule has 0 amide bonds. The number of halogens is 1. The second-order valence-corrected chi connectivity index (χ2v) is 6.08. The molecule has 138 valence electrons. The summed E-state index contributed by atoms with van der Waals surface area (Å²) in [7, 11) is 1.96. The van der Waals surface area contributed by atoms with Crippen LogP contribution in [0.25, 0.3) is 0 Å². The van der Waals surface area contributed by atoms with Crippen molar-refractivity contribution in [1.29, 1.82) is 0 Å². The van der Waals surface area contributed by atoms with E-state index in [9.17, 15) is 0 Å². The number of likely N-dealkylation sites (tertiary alicyclic amines) is 1. The van der Waals surface area contributed by atoms with Gasteiger partial charge in [-0.05, 0) is 25.8 Å². The summed E-state index contributed by atoms with van der Waals surface area (Å²) in [6.45, 7) is 8.42. The molecule has 0 spiro atoms. The number of rotatable bonds is 5. The summed E-state index contributed by atoms with van der Waals surface area (Å²) in [6.07, 6.45) is 6.97. The molecule has 0 radical (unpaired) electrons. The van der Waals surface area contributed by atoms with Gasteiger partial charge < -0.3 is 14.8 Å². The summed E-state index contributed by atoms with van der Waals surface area (Å²) >= 11 is 0. The van der Waals surface area contributed by atoms with E-state index in [1.54, 1.807) is 6.33 Å². The lowest BCUT2D eigenvalue weighted by Gasteiger charge is -2.21. The van der Waals surface area contributed by atoms with Gasteiger partial charge in [0.2, 0.25) is 0 Å². The first-order valence-electron chi connectivity index (χ1n) is 8.59. The van der Waals surface area contributed by atoms with Gasteiger partial charge in [0.05, 0.1) is 6.20 Å². The largest absolute Gasteiger partial charge is 0.357 e. The van der Waals surface area contributed by atoms with Crippen LogP contribution in [0.5, 0.6) is 0 Å². The van der Waals surface area contributed by atoms with Crippen molar-refractivity contribution in [1.82, 2.24) is 34.8 Å². The quantitative estimate of drug-likeness (QED) is 0.419. The van der Waals surface area contributed by atoms with Crippen LogP contribution in [-0.4, -0.2) is 55.0 Å². The first kappa shape index (κ1) is 19.7. The lowest BCUT2D eigenvalue weighted by atomic mass is 10.0. The smallest absolute Gasteiger partial charge is 0.194 e. The molecule has 1 atom stereocenters. The van der Waals surface area contributed by atoms with E-state index in [4.69, 9.17) is 4.99 Å². The Bertz CT molecular complexity index is 692. The number of aromatic nitrogens is 5. The minimum Gasteiger partial charge on any atom is -0.357 e. The summed E-state index contributed by atoms with van der Waals surface area (Å²) < 4.78 is 3.89. The SMILES string of the molecule is CCNC(=NCc1nncn1CC)N1CCC(c2cnn(C)c2)C1.I. The number of nitrogens with one attached hydrogen (secondary N) is 1. The molecule has 0 saturated carbocycles. The molecule has 1 saturated heterocycles. The number of hydrogen-bond acceptors (Lipinski definition) is 4. The van der Waals surface area contributed by atoms with Crippen LogP contribution in [0.2, 0.25) is 0 Å². The predicted octanol–water partition coefficient (Wildman–Crippen LogP) is 1.60. The summed E-state index contributed by atoms with van der Waals surface area (Å²) in [5.74, 6) is 2.37. The van der Waals surface area contributed by atoms with Crippen LogP contribution < -0.4 is 5.32 Å². The highest BCUT2D eigenvalue weighted by atomic mass is 127. The van der Waals surface area contributed by atoms with E-state index < -0.39 is 0 Å². The van der Waals surface area contributed by atoms with Gasteiger partial charge in [0.25, 0.3) is 0 Å². The average Bonchev–Trinajstić information content (AvgIpc) is 3.31. The summed E-state index contributed by atoms with van der Waals surface area (Å²) in [5, 5.41) is 15.8. The van der Waals surface area contributed by atoms with Gasteiger partial charge >= 0.3 is 0 Å². The zero-order valence-corrected chi connectivity index (χ0v) is 17.4. The topological polar surface area (TPSA) is 76.2 Å². The van der Waals surface area contributed by atoms with Crippen molar-refractivity contribution in [2.45, 2.75) is 39.3 Å². The molecule has 0 aliphatic carbocycles. The number of aliphatic imine (C=N–C) groups is 1. The Morgan fingerprint density at radius 3 is 2.92 bits per heavy atom. The Morgan fingerprint density at radius 2 is 2.24 bits per heavy atom. The normalized spacial score (nSPS) is 17.6. The molecule has 0 bridgehead atoms. The molecule has 1 aliphatic heterocycles. The highest BCUT2D eigenvalue weighted by molar-refractivity contribution is 14.0. The molecule has 3 rings (SSSR count). The molecule has 0 aromatic carbocycles. The summed E-state index contributed by atoms with van der Waals surface area (Å²) in [6, 6.07) is 0. The van der Waals surface area contributed by atoms with Gasteiger partial charge in [-0.25, -0.2) is 4.99 Å². The zero-order valence-electron chi connectivity index (χ0n) is 15.1. The van der Waals surface area contributed by atoms with Crippen molar-refractivity contribution in [3.63, 3.8) is 0 Å². The molecule has 1 fully saturated rings. The predicted molar refractivity (Wildman–Crippen MR) is 108 cm³/mol. The molecule has 2 aromatic heterocycles. The van der Waals surface area contributed by atoms with Crippen molar-refractivity contribution in [2.75, 3.05) is 19.6 Å². The van der Waals surface area contributed by atoms with Crippen molar-refractivity contribution in [2.24, 2.45) is 12.0 Å². The number of guanidine groups is 1. The number of aryl methyl sites for hydroxylation is 2. The first-order valence-corrected chi connectivity index (χ1v) is 8.59. The van der Waals surface area contributed by atoms with Gasteiger partial charge in [-0.3, -0.25) is 4.68 Å². The van der Waals surface area contributed by atoms with Crippen molar-refractivity contribution >= 4 is 29.9 Å². The van der Waals surface area contributed by atoms with E-state index in [1.165, 1.54) is 5.56 Å². The molecular weight excluding hydrogens is 431 g/mol. The van der Waals surface area contributed by atoms with E-state index in [2.05, 4.69) is 45.6 Å². The lowest BCUT2D eigenvalue weighted by molar-refractivity contribution is 0.485. The minimum atomic E-state index is 0. The molecule has 2 aromatic rings. The van der Waals surface area contributed by atoms with Gasteiger partial charge in [0.1, 0.15) is 12.9 Å². The van der Waals surface area contributed by atoms with Crippen LogP contribution in [0.1, 0.15) is 37.6 Å². The Labute approximate surface area is 165 Å². The second kappa shape index (κ2) is 9.16. The highest BCUT2D eigenvalue weighted by Crippen LogP contribution is 2.26. The van der Waals surface area contributed by atoms with E-state index in [0.29, 0.717) is 12.5 Å². The maximum Gasteiger partial charge on any atom is 0.194 e. The van der Waals surface area contributed by atoms with Gasteiger partial charge in [-0.15, -0.1) is 34.2 Å². The van der Waals surface area contributed by atoms with Crippen LogP contribution in [0.3, 0.4) is 0 Å². The Morgan fingerprint density at radius 1 is 1.40 bits per heavy atom. The highest BCUT2D eigenvalue weighted by Gasteiger charge is 2.26. The third kappa shape index (κ3) is 4.71. The molecule has 9 heteroatoms. The third-order valence-corrected chi connectivity index (χ3v) is 4.43. The molecule has 25 heavy (non-hydrogen) atoms. The fourth-order valence-electron chi connectivity index (χ4n) is 3.11. The van der Waals surface area contributed by atoms with Crippen LogP contribution >= 0.6 is 24.0 Å². The van der Waals surface area contributed by atoms with Crippen molar-refractivity contribution in [3.05, 3.63) is 30.1 Å². The van der Waals surface area contributed by atoms with Gasteiger partial charge in [0.15, 0.2) is 11.8 Å². The van der Waals surface area contributed by atoms with Gasteiger partial charge in [-0.2, -0.15) is 5.10 Å². The number of nitrogens with zero attached hydrogens (tertiary/aromatic N) is 7. The lowest BCUT2D eigenvalue weighted by Crippen LogP contribution is -2.40.